The first-order valence-electron chi connectivity index (χ1n) is 6.93. The van der Waals surface area contributed by atoms with Crippen LogP contribution in [0.3, 0.4) is 0 Å². The van der Waals surface area contributed by atoms with Crippen molar-refractivity contribution in [2.75, 3.05) is 18.5 Å². The van der Waals surface area contributed by atoms with Crippen molar-refractivity contribution in [3.05, 3.63) is 17.8 Å². The van der Waals surface area contributed by atoms with Crippen molar-refractivity contribution >= 4 is 49.8 Å². The maximum absolute atomic E-state index is 5.59. The van der Waals surface area contributed by atoms with Gasteiger partial charge in [-0.3, -0.25) is 0 Å². The van der Waals surface area contributed by atoms with Crippen LogP contribution in [0.2, 0.25) is 0 Å². The average molecular weight is 351 g/mol. The van der Waals surface area contributed by atoms with Crippen LogP contribution in [-0.2, 0) is 4.74 Å². The fourth-order valence-corrected chi connectivity index (χ4v) is 4.92. The minimum Gasteiger partial charge on any atom is -0.376 e. The van der Waals surface area contributed by atoms with Gasteiger partial charge in [-0.05, 0) is 36.0 Å². The van der Waals surface area contributed by atoms with Gasteiger partial charge in [-0.2, -0.15) is 0 Å². The van der Waals surface area contributed by atoms with Crippen LogP contribution in [-0.4, -0.2) is 39.4 Å². The second-order valence-electron chi connectivity index (χ2n) is 4.80. The summed E-state index contributed by atoms with van der Waals surface area (Å²) in [6.07, 6.45) is 4.15. The van der Waals surface area contributed by atoms with E-state index < -0.39 is 0 Å². The van der Waals surface area contributed by atoms with Crippen molar-refractivity contribution < 1.29 is 4.74 Å². The van der Waals surface area contributed by atoms with E-state index in [1.54, 1.807) is 29.0 Å². The Morgan fingerprint density at radius 2 is 2.36 bits per heavy atom. The number of thiophene rings is 1. The van der Waals surface area contributed by atoms with Crippen molar-refractivity contribution in [1.29, 1.82) is 0 Å². The molecule has 22 heavy (non-hydrogen) atoms. The molecule has 3 aromatic heterocycles. The maximum atomic E-state index is 5.59. The zero-order valence-corrected chi connectivity index (χ0v) is 14.0. The molecule has 4 rings (SSSR count). The monoisotopic (exact) mass is 351 g/mol. The standard InChI is InChI=1S/C13H13N5OS3/c1-2-8(19-4-1)6-14-12-17-18-13(22-12)21-11-10-9(3-5-20-10)15-7-16-11/h3,5,7-8H,1-2,4,6H2,(H,14,17)/t8-/m0/s1. The Labute approximate surface area is 139 Å². The molecule has 0 radical (unpaired) electrons. The largest absolute Gasteiger partial charge is 0.376 e. The van der Waals surface area contributed by atoms with Crippen LogP contribution in [0, 0.1) is 0 Å². The van der Waals surface area contributed by atoms with Crippen LogP contribution >= 0.6 is 34.4 Å². The number of hydrogen-bond acceptors (Lipinski definition) is 9. The van der Waals surface area contributed by atoms with Crippen LogP contribution in [0.5, 0.6) is 0 Å². The molecule has 9 heteroatoms. The summed E-state index contributed by atoms with van der Waals surface area (Å²) < 4.78 is 7.56. The summed E-state index contributed by atoms with van der Waals surface area (Å²) in [6.45, 7) is 1.66. The van der Waals surface area contributed by atoms with Gasteiger partial charge >= 0.3 is 0 Å². The Morgan fingerprint density at radius 3 is 3.27 bits per heavy atom. The van der Waals surface area contributed by atoms with Gasteiger partial charge in [-0.25, -0.2) is 9.97 Å². The van der Waals surface area contributed by atoms with Gasteiger partial charge in [0.25, 0.3) is 0 Å². The Hall–Kier alpha value is -1.29. The molecule has 1 N–H and O–H groups in total. The number of rotatable bonds is 5. The van der Waals surface area contributed by atoms with Crippen LogP contribution in [0.25, 0.3) is 10.2 Å². The highest BCUT2D eigenvalue weighted by molar-refractivity contribution is 8.01. The molecule has 0 saturated carbocycles. The smallest absolute Gasteiger partial charge is 0.206 e. The number of fused-ring (bicyclic) bond motifs is 1. The first kappa shape index (κ1) is 14.3. The van der Waals surface area contributed by atoms with Gasteiger partial charge in [-0.15, -0.1) is 21.5 Å². The van der Waals surface area contributed by atoms with E-state index >= 15 is 0 Å². The number of nitrogens with zero attached hydrogens (tertiary/aromatic N) is 4. The molecule has 0 unspecified atom stereocenters. The minimum absolute atomic E-state index is 0.299. The topological polar surface area (TPSA) is 72.8 Å². The number of hydrogen-bond donors (Lipinski definition) is 1. The van der Waals surface area contributed by atoms with Crippen LogP contribution in [0.1, 0.15) is 12.8 Å². The third-order valence-corrected chi connectivity index (χ3v) is 6.28. The molecule has 3 aromatic rings. The number of ether oxygens (including phenoxy) is 1. The summed E-state index contributed by atoms with van der Waals surface area (Å²) in [4.78, 5) is 8.60. The van der Waals surface area contributed by atoms with Crippen LogP contribution < -0.4 is 5.32 Å². The van der Waals surface area contributed by atoms with E-state index in [2.05, 4.69) is 25.5 Å². The molecular formula is C13H13N5OS3. The summed E-state index contributed by atoms with van der Waals surface area (Å²) in [5.74, 6) is 0. The summed E-state index contributed by atoms with van der Waals surface area (Å²) in [5.41, 5.74) is 0.976. The lowest BCUT2D eigenvalue weighted by Gasteiger charge is -2.08. The molecule has 4 heterocycles. The molecule has 0 amide bonds. The van der Waals surface area contributed by atoms with E-state index in [9.17, 15) is 0 Å². The minimum atomic E-state index is 0.299. The van der Waals surface area contributed by atoms with E-state index in [-0.39, 0.29) is 0 Å². The highest BCUT2D eigenvalue weighted by Gasteiger charge is 2.16. The Balaban J connectivity index is 1.44. The van der Waals surface area contributed by atoms with E-state index in [0.29, 0.717) is 6.10 Å². The van der Waals surface area contributed by atoms with Gasteiger partial charge in [0.1, 0.15) is 11.4 Å². The van der Waals surface area contributed by atoms with Crippen molar-refractivity contribution in [2.45, 2.75) is 28.3 Å². The Bertz CT molecular complexity index is 768. The Kier molecular flexibility index (Phi) is 4.20. The summed E-state index contributed by atoms with van der Waals surface area (Å²) in [5, 5.41) is 15.5. The van der Waals surface area contributed by atoms with Gasteiger partial charge in [0.05, 0.1) is 16.3 Å². The molecule has 1 fully saturated rings. The quantitative estimate of drug-likeness (QED) is 0.707. The van der Waals surface area contributed by atoms with Crippen molar-refractivity contribution in [3.63, 3.8) is 0 Å². The summed E-state index contributed by atoms with van der Waals surface area (Å²) in [6, 6.07) is 2.00. The number of nitrogens with one attached hydrogen (secondary N) is 1. The predicted molar refractivity (Wildman–Crippen MR) is 88.9 cm³/mol. The van der Waals surface area contributed by atoms with Crippen LogP contribution in [0.15, 0.2) is 27.1 Å². The zero-order valence-electron chi connectivity index (χ0n) is 11.6. The molecule has 1 aliphatic rings. The van der Waals surface area contributed by atoms with Crippen molar-refractivity contribution in [3.8, 4) is 0 Å². The van der Waals surface area contributed by atoms with Gasteiger partial charge < -0.3 is 10.1 Å². The molecule has 1 aliphatic heterocycles. The summed E-state index contributed by atoms with van der Waals surface area (Å²) in [7, 11) is 0. The summed E-state index contributed by atoms with van der Waals surface area (Å²) >= 11 is 4.72. The third kappa shape index (κ3) is 3.07. The highest BCUT2D eigenvalue weighted by Crippen LogP contribution is 2.36. The molecule has 0 bridgehead atoms. The predicted octanol–water partition coefficient (Wildman–Crippen LogP) is 3.28. The first-order valence-corrected chi connectivity index (χ1v) is 9.45. The van der Waals surface area contributed by atoms with E-state index in [0.717, 1.165) is 50.7 Å². The van der Waals surface area contributed by atoms with E-state index in [1.807, 2.05) is 11.4 Å². The lowest BCUT2D eigenvalue weighted by Crippen LogP contribution is -2.18. The normalized spacial score (nSPS) is 18.1. The molecule has 0 spiro atoms. The first-order chi connectivity index (χ1) is 10.9. The SMILES string of the molecule is c1nc(Sc2nnc(NC[C@@H]3CCCO3)s2)c2sccc2n1. The zero-order chi connectivity index (χ0) is 14.8. The molecule has 0 aromatic carbocycles. The maximum Gasteiger partial charge on any atom is 0.206 e. The average Bonchev–Trinajstić information content (AvgIpc) is 3.27. The lowest BCUT2D eigenvalue weighted by atomic mass is 10.2. The number of anilines is 1. The van der Waals surface area contributed by atoms with Gasteiger partial charge in [-0.1, -0.05) is 11.3 Å². The van der Waals surface area contributed by atoms with Gasteiger partial charge in [0.15, 0.2) is 4.34 Å². The number of aromatic nitrogens is 4. The van der Waals surface area contributed by atoms with Crippen LogP contribution in [0.4, 0.5) is 5.13 Å². The van der Waals surface area contributed by atoms with Crippen molar-refractivity contribution in [2.24, 2.45) is 0 Å². The fourth-order valence-electron chi connectivity index (χ4n) is 2.25. The van der Waals surface area contributed by atoms with Gasteiger partial charge in [0.2, 0.25) is 5.13 Å². The molecule has 1 atom stereocenters. The molecule has 114 valence electrons. The van der Waals surface area contributed by atoms with E-state index in [4.69, 9.17) is 4.74 Å². The third-order valence-electron chi connectivity index (χ3n) is 3.31. The van der Waals surface area contributed by atoms with Crippen molar-refractivity contribution in [1.82, 2.24) is 20.2 Å². The lowest BCUT2D eigenvalue weighted by molar-refractivity contribution is 0.120. The van der Waals surface area contributed by atoms with E-state index in [1.165, 1.54) is 11.8 Å². The second kappa shape index (κ2) is 6.45. The molecule has 1 saturated heterocycles. The Morgan fingerprint density at radius 1 is 1.36 bits per heavy atom. The highest BCUT2D eigenvalue weighted by atomic mass is 32.2. The molecule has 6 nitrogen and oxygen atoms in total. The second-order valence-corrected chi connectivity index (χ2v) is 7.93. The fraction of sp³-hybridized carbons (Fsp3) is 0.385. The van der Waals surface area contributed by atoms with Gasteiger partial charge in [0, 0.05) is 13.2 Å². The molecule has 0 aliphatic carbocycles. The molecular weight excluding hydrogens is 338 g/mol.